The lowest BCUT2D eigenvalue weighted by Gasteiger charge is -2.32. The van der Waals surface area contributed by atoms with E-state index in [4.69, 9.17) is 13.9 Å². The van der Waals surface area contributed by atoms with Gasteiger partial charge in [0.25, 0.3) is 0 Å². The molecule has 0 bridgehead atoms. The summed E-state index contributed by atoms with van der Waals surface area (Å²) >= 11 is 0. The van der Waals surface area contributed by atoms with E-state index in [0.29, 0.717) is 13.0 Å². The number of rotatable bonds is 4. The van der Waals surface area contributed by atoms with Crippen LogP contribution in [0.15, 0.2) is 11.8 Å². The molecule has 120 valence electrons. The number of hydrogen-bond acceptors (Lipinski definition) is 5. The molecule has 0 amide bonds. The Morgan fingerprint density at radius 3 is 2.48 bits per heavy atom. The first-order valence-corrected chi connectivity index (χ1v) is 10.8. The Kier molecular flexibility index (Phi) is 4.01. The second-order valence-electron chi connectivity index (χ2n) is 7.81. The minimum absolute atomic E-state index is 0.179. The smallest absolute Gasteiger partial charge is 0.328 e. The van der Waals surface area contributed by atoms with Crippen LogP contribution in [0.2, 0.25) is 19.6 Å². The van der Waals surface area contributed by atoms with Crippen molar-refractivity contribution in [1.82, 2.24) is 4.90 Å². The third kappa shape index (κ3) is 3.67. The van der Waals surface area contributed by atoms with Gasteiger partial charge in [0, 0.05) is 20.1 Å². The lowest BCUT2D eigenvalue weighted by molar-refractivity contribution is -0.161. The van der Waals surface area contributed by atoms with E-state index in [2.05, 4.69) is 19.6 Å². The molecular formula is C15H27NO4Si. The highest BCUT2D eigenvalue weighted by Gasteiger charge is 2.65. The molecule has 0 aromatic rings. The number of carbonyl (C=O) groups excluding carboxylic acids is 1. The summed E-state index contributed by atoms with van der Waals surface area (Å²) in [5.74, 6) is 0.683. The molecule has 21 heavy (non-hydrogen) atoms. The summed E-state index contributed by atoms with van der Waals surface area (Å²) in [4.78, 5) is 14.6. The molecule has 3 atom stereocenters. The van der Waals surface area contributed by atoms with Crippen molar-refractivity contribution in [3.05, 3.63) is 11.8 Å². The van der Waals surface area contributed by atoms with E-state index in [1.807, 2.05) is 31.7 Å². The van der Waals surface area contributed by atoms with Gasteiger partial charge in [-0.2, -0.15) is 0 Å². The average molecular weight is 313 g/mol. The maximum atomic E-state index is 12.6. The van der Waals surface area contributed by atoms with Gasteiger partial charge in [0.2, 0.25) is 8.32 Å². The number of esters is 1. The molecule has 2 aliphatic rings. The third-order valence-electron chi connectivity index (χ3n) is 3.44. The minimum atomic E-state index is -1.71. The zero-order chi connectivity index (χ0) is 16.1. The molecule has 0 N–H and O–H groups in total. The van der Waals surface area contributed by atoms with E-state index in [9.17, 15) is 4.79 Å². The first kappa shape index (κ1) is 16.5. The Hall–Kier alpha value is -0.853. The summed E-state index contributed by atoms with van der Waals surface area (Å²) in [7, 11) is -0.0575. The van der Waals surface area contributed by atoms with E-state index >= 15 is 0 Å². The van der Waals surface area contributed by atoms with Gasteiger partial charge in [-0.1, -0.05) is 0 Å². The summed E-state index contributed by atoms with van der Waals surface area (Å²) < 4.78 is 17.2. The quantitative estimate of drug-likeness (QED) is 0.453. The second-order valence-corrected chi connectivity index (χ2v) is 12.2. The van der Waals surface area contributed by atoms with Crippen molar-refractivity contribution in [3.8, 4) is 0 Å². The van der Waals surface area contributed by atoms with Gasteiger partial charge in [0.15, 0.2) is 0 Å². The van der Waals surface area contributed by atoms with Crippen molar-refractivity contribution in [2.24, 2.45) is 0 Å². The molecule has 0 aliphatic carbocycles. The zero-order valence-electron chi connectivity index (χ0n) is 14.1. The highest BCUT2D eigenvalue weighted by atomic mass is 28.4. The van der Waals surface area contributed by atoms with Crippen LogP contribution < -0.4 is 0 Å². The van der Waals surface area contributed by atoms with Crippen molar-refractivity contribution in [1.29, 1.82) is 0 Å². The molecule has 2 rings (SSSR count). The molecule has 2 aliphatic heterocycles. The Labute approximate surface area is 128 Å². The van der Waals surface area contributed by atoms with Gasteiger partial charge in [-0.05, 0) is 46.5 Å². The molecule has 6 heteroatoms. The lowest BCUT2D eigenvalue weighted by Crippen LogP contribution is -2.43. The molecule has 0 spiro atoms. The molecule has 0 aromatic carbocycles. The molecule has 0 radical (unpaired) electrons. The fourth-order valence-corrected chi connectivity index (χ4v) is 3.55. The standard InChI is InChI=1S/C15H27NO4Si/c1-14(2,3)19-13(17)15-9-11(20-21(5,6)7)8-12(18-4)16(15)10-15/h8,12H,9-10H2,1-7H3/t12-,15-,16?/m1/s1. The number of methoxy groups -OCH3 is 1. The van der Waals surface area contributed by atoms with Crippen LogP contribution in [-0.2, 0) is 18.7 Å². The van der Waals surface area contributed by atoms with Crippen LogP contribution in [0.4, 0.5) is 0 Å². The Morgan fingerprint density at radius 1 is 1.38 bits per heavy atom. The fourth-order valence-electron chi connectivity index (χ4n) is 2.62. The van der Waals surface area contributed by atoms with Crippen LogP contribution in [-0.4, -0.2) is 50.2 Å². The van der Waals surface area contributed by atoms with Crippen LogP contribution in [0.25, 0.3) is 0 Å². The molecule has 2 heterocycles. The average Bonchev–Trinajstić information content (AvgIpc) is 2.99. The van der Waals surface area contributed by atoms with Gasteiger partial charge in [0.1, 0.15) is 17.4 Å². The van der Waals surface area contributed by atoms with Crippen LogP contribution >= 0.6 is 0 Å². The Balaban J connectivity index is 2.17. The maximum Gasteiger partial charge on any atom is 0.328 e. The van der Waals surface area contributed by atoms with Crippen LogP contribution in [0, 0.1) is 0 Å². The van der Waals surface area contributed by atoms with E-state index in [0.717, 1.165) is 5.76 Å². The highest BCUT2D eigenvalue weighted by molar-refractivity contribution is 6.70. The summed E-state index contributed by atoms with van der Waals surface area (Å²) in [6.45, 7) is 12.7. The number of ether oxygens (including phenoxy) is 2. The molecule has 1 saturated heterocycles. The van der Waals surface area contributed by atoms with Crippen LogP contribution in [0.5, 0.6) is 0 Å². The monoisotopic (exact) mass is 313 g/mol. The fraction of sp³-hybridized carbons (Fsp3) is 0.800. The van der Waals surface area contributed by atoms with Gasteiger partial charge in [-0.25, -0.2) is 4.79 Å². The first-order chi connectivity index (χ1) is 9.47. The normalized spacial score (nSPS) is 32.0. The van der Waals surface area contributed by atoms with E-state index < -0.39 is 19.5 Å². The molecular weight excluding hydrogens is 286 g/mol. The van der Waals surface area contributed by atoms with Crippen LogP contribution in [0.3, 0.4) is 0 Å². The first-order valence-electron chi connectivity index (χ1n) is 7.40. The van der Waals surface area contributed by atoms with Crippen molar-refractivity contribution in [3.63, 3.8) is 0 Å². The topological polar surface area (TPSA) is 47.8 Å². The largest absolute Gasteiger partial charge is 0.547 e. The Morgan fingerprint density at radius 2 is 2.00 bits per heavy atom. The van der Waals surface area contributed by atoms with Crippen molar-refractivity contribution < 1.29 is 18.7 Å². The number of carbonyl (C=O) groups is 1. The number of fused-ring (bicyclic) bond motifs is 1. The van der Waals surface area contributed by atoms with Gasteiger partial charge in [-0.3, -0.25) is 4.90 Å². The summed E-state index contributed by atoms with van der Waals surface area (Å²) in [6.07, 6.45) is 2.34. The van der Waals surface area contributed by atoms with E-state index in [1.165, 1.54) is 0 Å². The second kappa shape index (κ2) is 5.10. The Bertz CT molecular complexity index is 463. The highest BCUT2D eigenvalue weighted by Crippen LogP contribution is 2.46. The predicted octanol–water partition coefficient (Wildman–Crippen LogP) is 2.49. The van der Waals surface area contributed by atoms with Crippen molar-refractivity contribution >= 4 is 14.3 Å². The summed E-state index contributed by atoms with van der Waals surface area (Å²) in [6, 6.07) is 0. The molecule has 0 saturated carbocycles. The summed E-state index contributed by atoms with van der Waals surface area (Å²) in [5.41, 5.74) is -1.08. The molecule has 5 nitrogen and oxygen atoms in total. The van der Waals surface area contributed by atoms with Gasteiger partial charge < -0.3 is 13.9 Å². The third-order valence-corrected chi connectivity index (χ3v) is 4.31. The molecule has 1 unspecified atom stereocenters. The van der Waals surface area contributed by atoms with Crippen molar-refractivity contribution in [2.45, 2.75) is 64.2 Å². The zero-order valence-corrected chi connectivity index (χ0v) is 15.1. The van der Waals surface area contributed by atoms with Gasteiger partial charge in [0.05, 0.1) is 5.76 Å². The number of hydrogen-bond donors (Lipinski definition) is 0. The van der Waals surface area contributed by atoms with Crippen molar-refractivity contribution in [2.75, 3.05) is 13.7 Å². The van der Waals surface area contributed by atoms with E-state index in [-0.39, 0.29) is 12.2 Å². The van der Waals surface area contributed by atoms with Crippen LogP contribution in [0.1, 0.15) is 27.2 Å². The molecule has 1 fully saturated rings. The SMILES string of the molecule is CO[C@@H]1C=C(O[Si](C)(C)C)C[C@]2(C(=O)OC(C)(C)C)CN12. The predicted molar refractivity (Wildman–Crippen MR) is 83.2 cm³/mol. The maximum absolute atomic E-state index is 12.6. The lowest BCUT2D eigenvalue weighted by atomic mass is 10.0. The van der Waals surface area contributed by atoms with Gasteiger partial charge in [-0.15, -0.1) is 0 Å². The molecule has 0 aromatic heterocycles. The van der Waals surface area contributed by atoms with Gasteiger partial charge >= 0.3 is 5.97 Å². The number of nitrogens with zero attached hydrogens (tertiary/aromatic N) is 1. The minimum Gasteiger partial charge on any atom is -0.547 e. The van der Waals surface area contributed by atoms with E-state index in [1.54, 1.807) is 7.11 Å². The summed E-state index contributed by atoms with van der Waals surface area (Å²) in [5, 5.41) is 0.